The van der Waals surface area contributed by atoms with Crippen LogP contribution in [0.5, 0.6) is 0 Å². The third kappa shape index (κ3) is 3.07. The number of nitriles is 1. The second-order valence-corrected chi connectivity index (χ2v) is 7.82. The van der Waals surface area contributed by atoms with Crippen LogP contribution in [-0.2, 0) is 14.8 Å². The summed E-state index contributed by atoms with van der Waals surface area (Å²) in [4.78, 5) is 12.1. The van der Waals surface area contributed by atoms with Crippen LogP contribution in [-0.4, -0.2) is 21.5 Å². The first-order valence-corrected chi connectivity index (χ1v) is 8.76. The lowest BCUT2D eigenvalue weighted by Gasteiger charge is -2.08. The molecule has 2 rings (SSSR count). The van der Waals surface area contributed by atoms with Crippen molar-refractivity contribution in [3.63, 3.8) is 0 Å². The number of carbonyl (C=O) groups is 1. The number of carbonyl (C=O) groups excluding carboxylic acids is 1. The van der Waals surface area contributed by atoms with Crippen molar-refractivity contribution in [1.82, 2.24) is 0 Å². The number of anilines is 1. The van der Waals surface area contributed by atoms with Crippen molar-refractivity contribution in [2.75, 3.05) is 11.8 Å². The van der Waals surface area contributed by atoms with Gasteiger partial charge in [0.05, 0.1) is 12.8 Å². The monoisotopic (exact) mass is 342 g/mol. The van der Waals surface area contributed by atoms with Gasteiger partial charge in [-0.15, -0.1) is 22.7 Å². The molecule has 0 radical (unpaired) electrons. The van der Waals surface area contributed by atoms with E-state index in [-0.39, 0.29) is 14.8 Å². The molecule has 2 heterocycles. The van der Waals surface area contributed by atoms with Crippen LogP contribution in [0.1, 0.15) is 20.1 Å². The number of aryl methyl sites for hydroxylation is 1. The molecule has 6 nitrogen and oxygen atoms in total. The molecule has 0 spiro atoms. The zero-order valence-corrected chi connectivity index (χ0v) is 13.5. The zero-order chi connectivity index (χ0) is 15.6. The first-order chi connectivity index (χ1) is 9.89. The lowest BCUT2D eigenvalue weighted by molar-refractivity contribution is 0.0607. The lowest BCUT2D eigenvalue weighted by Crippen LogP contribution is -2.14. The Morgan fingerprint density at radius 3 is 2.71 bits per heavy atom. The number of esters is 1. The molecule has 2 aromatic rings. The van der Waals surface area contributed by atoms with Gasteiger partial charge in [-0.1, -0.05) is 0 Å². The summed E-state index contributed by atoms with van der Waals surface area (Å²) in [6, 6.07) is 4.67. The Labute approximate surface area is 129 Å². The molecule has 9 heteroatoms. The first-order valence-electron chi connectivity index (χ1n) is 5.58. The van der Waals surface area contributed by atoms with Crippen LogP contribution < -0.4 is 4.72 Å². The van der Waals surface area contributed by atoms with Gasteiger partial charge in [-0.05, 0) is 30.0 Å². The molecule has 0 aliphatic rings. The van der Waals surface area contributed by atoms with E-state index in [9.17, 15) is 13.2 Å². The van der Waals surface area contributed by atoms with Crippen LogP contribution in [0.2, 0.25) is 0 Å². The van der Waals surface area contributed by atoms with Crippen LogP contribution in [0.15, 0.2) is 21.7 Å². The summed E-state index contributed by atoms with van der Waals surface area (Å²) in [5, 5.41) is 10.4. The number of hydrogen-bond donors (Lipinski definition) is 1. The number of rotatable bonds is 4. The minimum Gasteiger partial charge on any atom is -0.465 e. The SMILES string of the molecule is COC(=O)c1scc(C)c1NS(=O)(=O)c1ccc(C#N)s1. The number of nitrogens with zero attached hydrogens (tertiary/aromatic N) is 1. The minimum atomic E-state index is -3.84. The molecule has 0 atom stereocenters. The second-order valence-electron chi connectivity index (χ2n) is 3.95. The fraction of sp³-hybridized carbons (Fsp3) is 0.167. The van der Waals surface area contributed by atoms with Gasteiger partial charge in [0.25, 0.3) is 10.0 Å². The fourth-order valence-corrected chi connectivity index (χ4v) is 4.76. The van der Waals surface area contributed by atoms with Gasteiger partial charge in [-0.25, -0.2) is 13.2 Å². The van der Waals surface area contributed by atoms with E-state index in [1.54, 1.807) is 12.3 Å². The van der Waals surface area contributed by atoms with Crippen molar-refractivity contribution in [2.24, 2.45) is 0 Å². The van der Waals surface area contributed by atoms with Crippen molar-refractivity contribution >= 4 is 44.4 Å². The molecule has 0 saturated carbocycles. The maximum atomic E-state index is 12.3. The molecule has 0 unspecified atom stereocenters. The molecule has 0 amide bonds. The molecule has 0 aromatic carbocycles. The quantitative estimate of drug-likeness (QED) is 0.862. The Bertz CT molecular complexity index is 827. The zero-order valence-electron chi connectivity index (χ0n) is 11.0. The third-order valence-corrected chi connectivity index (χ3v) is 6.45. The Hall–Kier alpha value is -1.89. The summed E-state index contributed by atoms with van der Waals surface area (Å²) < 4.78 is 31.6. The molecule has 0 aliphatic heterocycles. The van der Waals surface area contributed by atoms with E-state index < -0.39 is 16.0 Å². The molecule has 0 fully saturated rings. The molecule has 110 valence electrons. The van der Waals surface area contributed by atoms with Crippen LogP contribution in [0, 0.1) is 18.3 Å². The number of thiophene rings is 2. The number of ether oxygens (including phenoxy) is 1. The molecule has 1 N–H and O–H groups in total. The summed E-state index contributed by atoms with van der Waals surface area (Å²) in [6.07, 6.45) is 0. The predicted molar refractivity (Wildman–Crippen MR) is 80.2 cm³/mol. The second kappa shape index (κ2) is 5.85. The summed E-state index contributed by atoms with van der Waals surface area (Å²) >= 11 is 1.97. The molecular formula is C12H10N2O4S3. The van der Waals surface area contributed by atoms with Crippen molar-refractivity contribution < 1.29 is 17.9 Å². The standard InChI is InChI=1S/C12H10N2O4S3/c1-7-6-19-11(12(15)18-2)10(7)14-21(16,17)9-4-3-8(5-13)20-9/h3-4,6,14H,1-2H3. The number of hydrogen-bond acceptors (Lipinski definition) is 7. The maximum absolute atomic E-state index is 12.3. The van der Waals surface area contributed by atoms with Crippen LogP contribution in [0.4, 0.5) is 5.69 Å². The lowest BCUT2D eigenvalue weighted by atomic mass is 10.3. The summed E-state index contributed by atoms with van der Waals surface area (Å²) in [6.45, 7) is 1.69. The van der Waals surface area contributed by atoms with Gasteiger partial charge < -0.3 is 4.74 Å². The highest BCUT2D eigenvalue weighted by atomic mass is 32.2. The Kier molecular flexibility index (Phi) is 4.32. The molecule has 0 saturated heterocycles. The number of nitrogens with one attached hydrogen (secondary N) is 1. The van der Waals surface area contributed by atoms with E-state index in [1.165, 1.54) is 19.2 Å². The van der Waals surface area contributed by atoms with Gasteiger partial charge in [0, 0.05) is 0 Å². The third-order valence-electron chi connectivity index (χ3n) is 2.54. The van der Waals surface area contributed by atoms with Crippen LogP contribution in [0.3, 0.4) is 0 Å². The van der Waals surface area contributed by atoms with Gasteiger partial charge >= 0.3 is 5.97 Å². The number of methoxy groups -OCH3 is 1. The predicted octanol–water partition coefficient (Wildman–Crippen LogP) is 2.58. The molecule has 2 aromatic heterocycles. The summed E-state index contributed by atoms with van der Waals surface area (Å²) in [5.41, 5.74) is 0.833. The average molecular weight is 342 g/mol. The van der Waals surface area contributed by atoms with E-state index in [4.69, 9.17) is 5.26 Å². The van der Waals surface area contributed by atoms with Gasteiger partial charge in [-0.2, -0.15) is 5.26 Å². The molecule has 0 aliphatic carbocycles. The van der Waals surface area contributed by atoms with E-state index >= 15 is 0 Å². The minimum absolute atomic E-state index is 0.0143. The largest absolute Gasteiger partial charge is 0.465 e. The van der Waals surface area contributed by atoms with Crippen molar-refractivity contribution in [3.8, 4) is 6.07 Å². The Morgan fingerprint density at radius 1 is 1.43 bits per heavy atom. The van der Waals surface area contributed by atoms with E-state index in [1.807, 2.05) is 6.07 Å². The Balaban J connectivity index is 2.40. The van der Waals surface area contributed by atoms with E-state index in [0.29, 0.717) is 10.4 Å². The van der Waals surface area contributed by atoms with Gasteiger partial charge in [-0.3, -0.25) is 4.72 Å². The van der Waals surface area contributed by atoms with Crippen molar-refractivity contribution in [2.45, 2.75) is 11.1 Å². The Morgan fingerprint density at radius 2 is 2.14 bits per heavy atom. The summed E-state index contributed by atoms with van der Waals surface area (Å²) in [7, 11) is -2.61. The number of sulfonamides is 1. The highest BCUT2D eigenvalue weighted by Crippen LogP contribution is 2.31. The van der Waals surface area contributed by atoms with Crippen molar-refractivity contribution in [3.05, 3.63) is 32.8 Å². The summed E-state index contributed by atoms with van der Waals surface area (Å²) in [5.74, 6) is -0.602. The molecule has 21 heavy (non-hydrogen) atoms. The highest BCUT2D eigenvalue weighted by Gasteiger charge is 2.23. The van der Waals surface area contributed by atoms with Gasteiger partial charge in [0.1, 0.15) is 20.0 Å². The fourth-order valence-electron chi connectivity index (χ4n) is 1.52. The van der Waals surface area contributed by atoms with Gasteiger partial charge in [0.15, 0.2) is 0 Å². The van der Waals surface area contributed by atoms with Crippen LogP contribution in [0.25, 0.3) is 0 Å². The first kappa shape index (κ1) is 15.5. The van der Waals surface area contributed by atoms with E-state index in [0.717, 1.165) is 22.7 Å². The highest BCUT2D eigenvalue weighted by molar-refractivity contribution is 7.94. The average Bonchev–Trinajstić information content (AvgIpc) is 3.06. The maximum Gasteiger partial charge on any atom is 0.350 e. The topological polar surface area (TPSA) is 96.3 Å². The molecular weight excluding hydrogens is 332 g/mol. The van der Waals surface area contributed by atoms with Crippen LogP contribution >= 0.6 is 22.7 Å². The van der Waals surface area contributed by atoms with E-state index in [2.05, 4.69) is 9.46 Å². The van der Waals surface area contributed by atoms with Gasteiger partial charge in [0.2, 0.25) is 0 Å². The smallest absolute Gasteiger partial charge is 0.350 e. The van der Waals surface area contributed by atoms with Crippen molar-refractivity contribution in [1.29, 1.82) is 5.26 Å². The molecule has 0 bridgehead atoms. The normalized spacial score (nSPS) is 10.9.